The second kappa shape index (κ2) is 4.96. The third kappa shape index (κ3) is 2.21. The predicted octanol–water partition coefficient (Wildman–Crippen LogP) is 2.79. The molecule has 1 aliphatic rings. The van der Waals surface area contributed by atoms with Crippen molar-refractivity contribution >= 4 is 46.1 Å². The molecule has 1 aliphatic heterocycles. The molecule has 6 heteroatoms. The number of benzene rings is 2. The number of halogens is 1. The van der Waals surface area contributed by atoms with E-state index in [1.54, 1.807) is 30.3 Å². The molecular weight excluding hydrogens is 385 g/mol. The molecule has 0 aliphatic carbocycles. The molecule has 0 radical (unpaired) electrons. The molecule has 0 saturated carbocycles. The number of hydrogen-bond donors (Lipinski definition) is 1. The lowest BCUT2D eigenvalue weighted by molar-refractivity contribution is 0.0695. The number of carboxylic acids is 1. The summed E-state index contributed by atoms with van der Waals surface area (Å²) < 4.78 is 0.638. The zero-order chi connectivity index (χ0) is 15.1. The van der Waals surface area contributed by atoms with Crippen LogP contribution in [0.3, 0.4) is 0 Å². The Kier molecular flexibility index (Phi) is 3.25. The number of carbonyl (C=O) groups excluding carboxylic acids is 2. The summed E-state index contributed by atoms with van der Waals surface area (Å²) in [5.74, 6) is -1.98. The second-order valence-corrected chi connectivity index (χ2v) is 5.74. The maximum atomic E-state index is 12.4. The van der Waals surface area contributed by atoms with Crippen molar-refractivity contribution in [1.29, 1.82) is 0 Å². The number of carboxylic acid groups (broad SMARTS) is 1. The number of aromatic carboxylic acids is 1. The van der Waals surface area contributed by atoms with Gasteiger partial charge in [0.25, 0.3) is 11.8 Å². The Labute approximate surface area is 133 Å². The second-order valence-electron chi connectivity index (χ2n) is 4.49. The van der Waals surface area contributed by atoms with Crippen molar-refractivity contribution < 1.29 is 19.5 Å². The number of carbonyl (C=O) groups is 3. The van der Waals surface area contributed by atoms with Crippen LogP contribution >= 0.6 is 22.6 Å². The van der Waals surface area contributed by atoms with E-state index in [9.17, 15) is 14.4 Å². The lowest BCUT2D eigenvalue weighted by Gasteiger charge is -2.15. The minimum atomic E-state index is -1.11. The highest BCUT2D eigenvalue weighted by Crippen LogP contribution is 2.30. The van der Waals surface area contributed by atoms with Crippen molar-refractivity contribution in [3.05, 3.63) is 62.7 Å². The molecule has 5 nitrogen and oxygen atoms in total. The van der Waals surface area contributed by atoms with Gasteiger partial charge in [0.1, 0.15) is 0 Å². The van der Waals surface area contributed by atoms with Crippen LogP contribution < -0.4 is 4.90 Å². The van der Waals surface area contributed by atoms with Gasteiger partial charge in [0.05, 0.1) is 22.4 Å². The van der Waals surface area contributed by atoms with E-state index in [1.165, 1.54) is 12.1 Å². The molecular formula is C15H8INO4. The summed E-state index contributed by atoms with van der Waals surface area (Å²) in [6.07, 6.45) is 0. The van der Waals surface area contributed by atoms with E-state index in [2.05, 4.69) is 0 Å². The minimum Gasteiger partial charge on any atom is -0.478 e. The van der Waals surface area contributed by atoms with Crippen molar-refractivity contribution in [2.75, 3.05) is 4.90 Å². The summed E-state index contributed by atoms with van der Waals surface area (Å²) in [5, 5.41) is 9.09. The molecule has 1 heterocycles. The Morgan fingerprint density at radius 1 is 1.00 bits per heavy atom. The van der Waals surface area contributed by atoms with Gasteiger partial charge in [-0.05, 0) is 52.9 Å². The predicted molar refractivity (Wildman–Crippen MR) is 83.7 cm³/mol. The molecule has 0 unspecified atom stereocenters. The standard InChI is InChI=1S/C15H8INO4/c16-9-5-8(15(20)21)6-10(7-9)17-13(18)11-3-1-2-4-12(11)14(17)19/h1-7H,(H,20,21). The van der Waals surface area contributed by atoms with E-state index in [1.807, 2.05) is 22.6 Å². The van der Waals surface area contributed by atoms with Gasteiger partial charge in [0, 0.05) is 3.57 Å². The van der Waals surface area contributed by atoms with Crippen LogP contribution in [0.2, 0.25) is 0 Å². The van der Waals surface area contributed by atoms with Crippen LogP contribution in [0.25, 0.3) is 0 Å². The molecule has 0 fully saturated rings. The van der Waals surface area contributed by atoms with E-state index in [0.717, 1.165) is 4.90 Å². The number of imide groups is 1. The van der Waals surface area contributed by atoms with Gasteiger partial charge in [-0.1, -0.05) is 12.1 Å². The fourth-order valence-corrected chi connectivity index (χ4v) is 2.91. The van der Waals surface area contributed by atoms with Gasteiger partial charge in [-0.3, -0.25) is 9.59 Å². The van der Waals surface area contributed by atoms with Crippen molar-refractivity contribution in [1.82, 2.24) is 0 Å². The largest absolute Gasteiger partial charge is 0.478 e. The normalized spacial score (nSPS) is 13.5. The maximum Gasteiger partial charge on any atom is 0.335 e. The van der Waals surface area contributed by atoms with E-state index in [-0.39, 0.29) is 11.3 Å². The highest BCUT2D eigenvalue weighted by molar-refractivity contribution is 14.1. The highest BCUT2D eigenvalue weighted by atomic mass is 127. The first-order chi connectivity index (χ1) is 9.99. The van der Waals surface area contributed by atoms with Crippen LogP contribution in [0.5, 0.6) is 0 Å². The quantitative estimate of drug-likeness (QED) is 0.629. The first-order valence-electron chi connectivity index (χ1n) is 6.01. The van der Waals surface area contributed by atoms with E-state index < -0.39 is 17.8 Å². The minimum absolute atomic E-state index is 0.0356. The lowest BCUT2D eigenvalue weighted by atomic mass is 10.1. The van der Waals surface area contributed by atoms with E-state index in [0.29, 0.717) is 14.7 Å². The van der Waals surface area contributed by atoms with Crippen molar-refractivity contribution in [2.24, 2.45) is 0 Å². The Hall–Kier alpha value is -2.22. The van der Waals surface area contributed by atoms with Crippen LogP contribution in [-0.2, 0) is 0 Å². The van der Waals surface area contributed by atoms with Crippen LogP contribution in [0, 0.1) is 3.57 Å². The van der Waals surface area contributed by atoms with Crippen LogP contribution in [0.15, 0.2) is 42.5 Å². The van der Waals surface area contributed by atoms with Gasteiger partial charge >= 0.3 is 5.97 Å². The first kappa shape index (κ1) is 13.7. The summed E-state index contributed by atoms with van der Waals surface area (Å²) in [7, 11) is 0. The van der Waals surface area contributed by atoms with Gasteiger partial charge in [-0.15, -0.1) is 0 Å². The fourth-order valence-electron chi connectivity index (χ4n) is 2.25. The third-order valence-electron chi connectivity index (χ3n) is 3.18. The number of fused-ring (bicyclic) bond motifs is 1. The Balaban J connectivity index is 2.13. The van der Waals surface area contributed by atoms with E-state index in [4.69, 9.17) is 5.11 Å². The molecule has 2 amide bonds. The Morgan fingerprint density at radius 2 is 1.57 bits per heavy atom. The molecule has 2 aromatic rings. The summed E-state index contributed by atoms with van der Waals surface area (Å²) in [5.41, 5.74) is 0.968. The summed E-state index contributed by atoms with van der Waals surface area (Å²) in [6.45, 7) is 0. The van der Waals surface area contributed by atoms with Gasteiger partial charge < -0.3 is 5.11 Å². The molecule has 0 aromatic heterocycles. The Morgan fingerprint density at radius 3 is 2.10 bits per heavy atom. The maximum absolute atomic E-state index is 12.4. The van der Waals surface area contributed by atoms with Crippen molar-refractivity contribution in [3.8, 4) is 0 Å². The zero-order valence-corrected chi connectivity index (χ0v) is 12.7. The molecule has 104 valence electrons. The lowest BCUT2D eigenvalue weighted by Crippen LogP contribution is -2.29. The number of rotatable bonds is 2. The molecule has 0 spiro atoms. The zero-order valence-electron chi connectivity index (χ0n) is 10.5. The molecule has 1 N–H and O–H groups in total. The summed E-state index contributed by atoms with van der Waals surface area (Å²) in [6, 6.07) is 10.9. The van der Waals surface area contributed by atoms with Crippen LogP contribution in [-0.4, -0.2) is 22.9 Å². The van der Waals surface area contributed by atoms with E-state index >= 15 is 0 Å². The average molecular weight is 393 g/mol. The van der Waals surface area contributed by atoms with Crippen molar-refractivity contribution in [2.45, 2.75) is 0 Å². The highest BCUT2D eigenvalue weighted by Gasteiger charge is 2.36. The summed E-state index contributed by atoms with van der Waals surface area (Å²) in [4.78, 5) is 36.8. The molecule has 3 rings (SSSR count). The topological polar surface area (TPSA) is 74.7 Å². The Bertz CT molecular complexity index is 765. The molecule has 21 heavy (non-hydrogen) atoms. The van der Waals surface area contributed by atoms with Gasteiger partial charge in [-0.25, -0.2) is 9.69 Å². The SMILES string of the molecule is O=C(O)c1cc(I)cc(N2C(=O)c3ccccc3C2=O)c1. The number of nitrogens with zero attached hydrogens (tertiary/aromatic N) is 1. The van der Waals surface area contributed by atoms with Gasteiger partial charge in [0.2, 0.25) is 0 Å². The third-order valence-corrected chi connectivity index (χ3v) is 3.80. The molecule has 0 saturated heterocycles. The average Bonchev–Trinajstić information content (AvgIpc) is 2.71. The monoisotopic (exact) mass is 393 g/mol. The molecule has 0 atom stereocenters. The number of amides is 2. The molecule has 2 aromatic carbocycles. The fraction of sp³-hybridized carbons (Fsp3) is 0. The van der Waals surface area contributed by atoms with Crippen LogP contribution in [0.4, 0.5) is 5.69 Å². The van der Waals surface area contributed by atoms with Gasteiger partial charge in [-0.2, -0.15) is 0 Å². The molecule has 0 bridgehead atoms. The first-order valence-corrected chi connectivity index (χ1v) is 7.08. The summed E-state index contributed by atoms with van der Waals surface area (Å²) >= 11 is 1.95. The smallest absolute Gasteiger partial charge is 0.335 e. The number of anilines is 1. The van der Waals surface area contributed by atoms with Crippen molar-refractivity contribution in [3.63, 3.8) is 0 Å². The number of hydrogen-bond acceptors (Lipinski definition) is 3. The van der Waals surface area contributed by atoms with Gasteiger partial charge in [0.15, 0.2) is 0 Å². The van der Waals surface area contributed by atoms with Crippen LogP contribution in [0.1, 0.15) is 31.1 Å².